The fourth-order valence-electron chi connectivity index (χ4n) is 1.70. The van der Waals surface area contributed by atoms with Gasteiger partial charge < -0.3 is 10.1 Å². The molecule has 1 heterocycles. The Kier molecular flexibility index (Phi) is 5.36. The van der Waals surface area contributed by atoms with Crippen molar-refractivity contribution in [2.75, 3.05) is 5.32 Å². The minimum atomic E-state index is -2.91. The molecule has 0 aliphatic carbocycles. The van der Waals surface area contributed by atoms with Gasteiger partial charge in [-0.2, -0.15) is 14.0 Å². The fraction of sp³-hybridized carbons (Fsp3) is 0.0625. The Morgan fingerprint density at radius 1 is 1.30 bits per heavy atom. The Bertz CT molecular complexity index is 738. The van der Waals surface area contributed by atoms with E-state index in [9.17, 15) is 13.6 Å². The van der Waals surface area contributed by atoms with Gasteiger partial charge in [0.25, 0.3) is 5.91 Å². The molecule has 0 unspecified atom stereocenters. The molecule has 0 fully saturated rings. The first kappa shape index (κ1) is 16.1. The van der Waals surface area contributed by atoms with E-state index in [1.165, 1.54) is 36.5 Å². The van der Waals surface area contributed by atoms with Gasteiger partial charge >= 0.3 is 6.61 Å². The molecule has 23 heavy (non-hydrogen) atoms. The summed E-state index contributed by atoms with van der Waals surface area (Å²) in [4.78, 5) is 15.9. The van der Waals surface area contributed by atoms with Crippen molar-refractivity contribution in [2.24, 2.45) is 0 Å². The normalized spacial score (nSPS) is 11.0. The lowest BCUT2D eigenvalue weighted by Gasteiger charge is -2.05. The van der Waals surface area contributed by atoms with Crippen molar-refractivity contribution in [3.05, 3.63) is 59.9 Å². The van der Waals surface area contributed by atoms with Crippen LogP contribution in [-0.2, 0) is 4.79 Å². The number of aromatic nitrogens is 1. The van der Waals surface area contributed by atoms with Crippen molar-refractivity contribution in [3.8, 4) is 11.8 Å². The SMILES string of the molecule is N#C/C(=C\c1ccc(OC(F)F)cc1)C(=O)Nc1cccnc1. The van der Waals surface area contributed by atoms with Crippen LogP contribution in [0.4, 0.5) is 14.5 Å². The number of rotatable bonds is 5. The second kappa shape index (κ2) is 7.66. The predicted molar refractivity (Wildman–Crippen MR) is 79.5 cm³/mol. The van der Waals surface area contributed by atoms with Crippen LogP contribution < -0.4 is 10.1 Å². The summed E-state index contributed by atoms with van der Waals surface area (Å²) in [6.07, 6.45) is 4.35. The monoisotopic (exact) mass is 315 g/mol. The highest BCUT2D eigenvalue weighted by atomic mass is 19.3. The van der Waals surface area contributed by atoms with Crippen LogP contribution in [0.5, 0.6) is 5.75 Å². The largest absolute Gasteiger partial charge is 0.435 e. The van der Waals surface area contributed by atoms with Gasteiger partial charge in [-0.3, -0.25) is 9.78 Å². The third-order valence-electron chi connectivity index (χ3n) is 2.70. The third kappa shape index (κ3) is 4.89. The van der Waals surface area contributed by atoms with Crippen molar-refractivity contribution in [1.29, 1.82) is 5.26 Å². The summed E-state index contributed by atoms with van der Waals surface area (Å²) < 4.78 is 28.3. The Hall–Kier alpha value is -3.27. The number of nitriles is 1. The summed E-state index contributed by atoms with van der Waals surface area (Å²) in [5.74, 6) is -0.594. The lowest BCUT2D eigenvalue weighted by molar-refractivity contribution is -0.112. The van der Waals surface area contributed by atoms with Crippen molar-refractivity contribution in [1.82, 2.24) is 4.98 Å². The second-order valence-corrected chi connectivity index (χ2v) is 4.31. The molecule has 7 heteroatoms. The Morgan fingerprint density at radius 2 is 2.04 bits per heavy atom. The lowest BCUT2D eigenvalue weighted by Crippen LogP contribution is -2.13. The molecular formula is C16H11F2N3O2. The first-order valence-corrected chi connectivity index (χ1v) is 6.46. The van der Waals surface area contributed by atoms with E-state index in [2.05, 4.69) is 15.0 Å². The van der Waals surface area contributed by atoms with Gasteiger partial charge in [-0.25, -0.2) is 0 Å². The van der Waals surface area contributed by atoms with Crippen molar-refractivity contribution < 1.29 is 18.3 Å². The maximum Gasteiger partial charge on any atom is 0.387 e. The summed E-state index contributed by atoms with van der Waals surface area (Å²) in [6.45, 7) is -2.91. The molecular weight excluding hydrogens is 304 g/mol. The summed E-state index contributed by atoms with van der Waals surface area (Å²) in [6, 6.07) is 10.7. The number of carbonyl (C=O) groups is 1. The van der Waals surface area contributed by atoms with E-state index < -0.39 is 12.5 Å². The summed E-state index contributed by atoms with van der Waals surface area (Å²) in [5, 5.41) is 11.6. The average molecular weight is 315 g/mol. The van der Waals surface area contributed by atoms with Gasteiger partial charge in [0.2, 0.25) is 0 Å². The molecule has 1 aromatic carbocycles. The van der Waals surface area contributed by atoms with Gasteiger partial charge in [-0.05, 0) is 35.9 Å². The molecule has 0 aliphatic heterocycles. The molecule has 1 amide bonds. The zero-order chi connectivity index (χ0) is 16.7. The van der Waals surface area contributed by atoms with Gasteiger partial charge in [-0.1, -0.05) is 12.1 Å². The highest BCUT2D eigenvalue weighted by molar-refractivity contribution is 6.09. The van der Waals surface area contributed by atoms with E-state index in [4.69, 9.17) is 5.26 Å². The molecule has 0 aliphatic rings. The number of carbonyl (C=O) groups excluding carboxylic acids is 1. The van der Waals surface area contributed by atoms with Crippen LogP contribution in [0, 0.1) is 11.3 Å². The molecule has 1 aromatic heterocycles. The molecule has 116 valence electrons. The first-order chi connectivity index (χ1) is 11.1. The second-order valence-electron chi connectivity index (χ2n) is 4.31. The average Bonchev–Trinajstić information content (AvgIpc) is 2.54. The third-order valence-corrected chi connectivity index (χ3v) is 2.70. The standard InChI is InChI=1S/C16H11F2N3O2/c17-16(18)23-14-5-3-11(4-6-14)8-12(9-19)15(22)21-13-2-1-7-20-10-13/h1-8,10,16H,(H,21,22)/b12-8+. The van der Waals surface area contributed by atoms with Crippen LogP contribution in [0.2, 0.25) is 0 Å². The maximum absolute atomic E-state index is 12.1. The zero-order valence-electron chi connectivity index (χ0n) is 11.7. The fourth-order valence-corrected chi connectivity index (χ4v) is 1.70. The molecule has 0 saturated heterocycles. The topological polar surface area (TPSA) is 75.0 Å². The molecule has 5 nitrogen and oxygen atoms in total. The number of amides is 1. The minimum absolute atomic E-state index is 0.00420. The number of benzene rings is 1. The van der Waals surface area contributed by atoms with E-state index in [0.717, 1.165) is 0 Å². The molecule has 0 atom stereocenters. The Balaban J connectivity index is 2.12. The highest BCUT2D eigenvalue weighted by Gasteiger charge is 2.10. The van der Waals surface area contributed by atoms with Crippen molar-refractivity contribution in [2.45, 2.75) is 6.61 Å². The minimum Gasteiger partial charge on any atom is -0.435 e. The Labute approximate surface area is 130 Å². The smallest absolute Gasteiger partial charge is 0.387 e. The van der Waals surface area contributed by atoms with Crippen LogP contribution in [0.3, 0.4) is 0 Å². The van der Waals surface area contributed by atoms with Crippen LogP contribution >= 0.6 is 0 Å². The number of nitrogens with zero attached hydrogens (tertiary/aromatic N) is 2. The highest BCUT2D eigenvalue weighted by Crippen LogP contribution is 2.17. The van der Waals surface area contributed by atoms with E-state index >= 15 is 0 Å². The number of nitrogens with one attached hydrogen (secondary N) is 1. The van der Waals surface area contributed by atoms with Gasteiger partial charge in [0.05, 0.1) is 11.9 Å². The van der Waals surface area contributed by atoms with Crippen molar-refractivity contribution in [3.63, 3.8) is 0 Å². The zero-order valence-corrected chi connectivity index (χ0v) is 11.7. The van der Waals surface area contributed by atoms with Crippen molar-refractivity contribution >= 4 is 17.7 Å². The van der Waals surface area contributed by atoms with E-state index in [1.807, 2.05) is 0 Å². The molecule has 0 bridgehead atoms. The number of anilines is 1. The van der Waals surface area contributed by atoms with E-state index in [0.29, 0.717) is 11.3 Å². The van der Waals surface area contributed by atoms with Gasteiger partial charge in [0, 0.05) is 6.20 Å². The molecule has 0 radical (unpaired) electrons. The van der Waals surface area contributed by atoms with E-state index in [-0.39, 0.29) is 11.3 Å². The van der Waals surface area contributed by atoms with Gasteiger partial charge in [0.1, 0.15) is 17.4 Å². The van der Waals surface area contributed by atoms with Crippen LogP contribution in [0.25, 0.3) is 6.08 Å². The van der Waals surface area contributed by atoms with E-state index in [1.54, 1.807) is 24.4 Å². The number of hydrogen-bond donors (Lipinski definition) is 1. The number of ether oxygens (including phenoxy) is 1. The molecule has 2 rings (SSSR count). The van der Waals surface area contributed by atoms with Crippen LogP contribution in [0.1, 0.15) is 5.56 Å². The first-order valence-electron chi connectivity index (χ1n) is 6.46. The van der Waals surface area contributed by atoms with Crippen LogP contribution in [-0.4, -0.2) is 17.5 Å². The molecule has 2 aromatic rings. The predicted octanol–water partition coefficient (Wildman–Crippen LogP) is 3.23. The number of hydrogen-bond acceptors (Lipinski definition) is 4. The quantitative estimate of drug-likeness (QED) is 0.679. The summed E-state index contributed by atoms with van der Waals surface area (Å²) >= 11 is 0. The molecule has 1 N–H and O–H groups in total. The number of alkyl halides is 2. The maximum atomic E-state index is 12.1. The number of halogens is 2. The Morgan fingerprint density at radius 3 is 2.61 bits per heavy atom. The summed E-state index contributed by atoms with van der Waals surface area (Å²) in [5.41, 5.74) is 0.834. The van der Waals surface area contributed by atoms with Gasteiger partial charge in [-0.15, -0.1) is 0 Å². The molecule has 0 saturated carbocycles. The van der Waals surface area contributed by atoms with Crippen LogP contribution in [0.15, 0.2) is 54.4 Å². The van der Waals surface area contributed by atoms with Gasteiger partial charge in [0.15, 0.2) is 0 Å². The summed E-state index contributed by atoms with van der Waals surface area (Å²) in [7, 11) is 0. The number of pyridine rings is 1. The lowest BCUT2D eigenvalue weighted by atomic mass is 10.1. The molecule has 0 spiro atoms.